The summed E-state index contributed by atoms with van der Waals surface area (Å²) in [6.45, 7) is 4.12. The molecule has 0 saturated carbocycles. The summed E-state index contributed by atoms with van der Waals surface area (Å²) < 4.78 is 1.87. The first-order chi connectivity index (χ1) is 9.20. The number of fused-ring (bicyclic) bond motifs is 1. The van der Waals surface area contributed by atoms with E-state index in [9.17, 15) is 4.79 Å². The van der Waals surface area contributed by atoms with E-state index in [2.05, 4.69) is 23.9 Å². The van der Waals surface area contributed by atoms with Crippen molar-refractivity contribution in [3.05, 3.63) is 34.7 Å². The molecule has 0 atom stereocenters. The summed E-state index contributed by atoms with van der Waals surface area (Å²) in [6, 6.07) is 4.07. The third kappa shape index (κ3) is 1.96. The van der Waals surface area contributed by atoms with Crippen molar-refractivity contribution in [1.82, 2.24) is 14.8 Å². The van der Waals surface area contributed by atoms with Crippen LogP contribution in [-0.2, 0) is 0 Å². The van der Waals surface area contributed by atoms with Crippen molar-refractivity contribution in [2.75, 3.05) is 0 Å². The van der Waals surface area contributed by atoms with Gasteiger partial charge in [0.15, 0.2) is 11.9 Å². The zero-order valence-corrected chi connectivity index (χ0v) is 11.5. The molecule has 96 valence electrons. The second-order valence-corrected chi connectivity index (χ2v) is 5.43. The van der Waals surface area contributed by atoms with Crippen LogP contribution in [0, 0.1) is 0 Å². The molecule has 0 spiro atoms. The fourth-order valence-corrected chi connectivity index (χ4v) is 2.73. The fraction of sp³-hybridized carbons (Fsp3) is 0.214. The van der Waals surface area contributed by atoms with E-state index < -0.39 is 0 Å². The van der Waals surface area contributed by atoms with Crippen LogP contribution in [0.2, 0.25) is 0 Å². The van der Waals surface area contributed by atoms with Crippen molar-refractivity contribution >= 4 is 28.7 Å². The zero-order valence-electron chi connectivity index (χ0n) is 10.7. The average Bonchev–Trinajstić information content (AvgIpc) is 3.05. The first kappa shape index (κ1) is 12.0. The highest BCUT2D eigenvalue weighted by Crippen LogP contribution is 2.27. The maximum Gasteiger partial charge on any atom is 0.158 e. The Kier molecular flexibility index (Phi) is 2.91. The largest absolute Gasteiger partial charge is 0.298 e. The van der Waals surface area contributed by atoms with Gasteiger partial charge < -0.3 is 0 Å². The van der Waals surface area contributed by atoms with Crippen LogP contribution >= 0.6 is 11.3 Å². The monoisotopic (exact) mass is 271 g/mol. The molecular formula is C14H13N3OS. The molecule has 0 N–H and O–H groups in total. The summed E-state index contributed by atoms with van der Waals surface area (Å²) in [6.07, 6.45) is 2.61. The number of thiophene rings is 1. The summed E-state index contributed by atoms with van der Waals surface area (Å²) >= 11 is 1.59. The van der Waals surface area contributed by atoms with Crippen molar-refractivity contribution < 1.29 is 4.79 Å². The van der Waals surface area contributed by atoms with Crippen molar-refractivity contribution in [1.29, 1.82) is 0 Å². The topological polar surface area (TPSA) is 47.8 Å². The van der Waals surface area contributed by atoms with Gasteiger partial charge in [-0.05, 0) is 31.4 Å². The molecule has 0 saturated heterocycles. The average molecular weight is 271 g/mol. The normalized spacial score (nSPS) is 11.3. The minimum atomic E-state index is 0.238. The van der Waals surface area contributed by atoms with E-state index >= 15 is 0 Å². The first-order valence-electron chi connectivity index (χ1n) is 6.06. The summed E-state index contributed by atoms with van der Waals surface area (Å²) in [5, 5.41) is 9.21. The van der Waals surface area contributed by atoms with Crippen LogP contribution in [0.5, 0.6) is 0 Å². The minimum absolute atomic E-state index is 0.238. The molecule has 0 aromatic carbocycles. The van der Waals surface area contributed by atoms with Crippen molar-refractivity contribution in [3.63, 3.8) is 0 Å². The Hall–Kier alpha value is -2.01. The molecule has 3 heterocycles. The Balaban J connectivity index is 2.30. The van der Waals surface area contributed by atoms with Crippen molar-refractivity contribution in [3.8, 4) is 11.3 Å². The van der Waals surface area contributed by atoms with Gasteiger partial charge in [-0.3, -0.25) is 4.79 Å². The van der Waals surface area contributed by atoms with E-state index in [4.69, 9.17) is 0 Å². The highest BCUT2D eigenvalue weighted by atomic mass is 32.1. The summed E-state index contributed by atoms with van der Waals surface area (Å²) in [5.41, 5.74) is 3.13. The second kappa shape index (κ2) is 4.59. The van der Waals surface area contributed by atoms with Gasteiger partial charge in [-0.2, -0.15) is 16.4 Å². The molecule has 0 unspecified atom stereocenters. The highest BCUT2D eigenvalue weighted by Gasteiger charge is 2.13. The van der Waals surface area contributed by atoms with E-state index in [1.807, 2.05) is 27.6 Å². The van der Waals surface area contributed by atoms with Gasteiger partial charge in [-0.15, -0.1) is 0 Å². The Bertz CT molecular complexity index is 729. The number of aldehydes is 1. The fourth-order valence-electron chi connectivity index (χ4n) is 2.09. The molecule has 0 amide bonds. The molecule has 3 rings (SSSR count). The van der Waals surface area contributed by atoms with E-state index in [1.165, 1.54) is 0 Å². The number of pyridine rings is 1. The lowest BCUT2D eigenvalue weighted by Crippen LogP contribution is -2.04. The first-order valence-corrected chi connectivity index (χ1v) is 7.01. The number of hydrogen-bond donors (Lipinski definition) is 0. The molecule has 3 aromatic rings. The Morgan fingerprint density at radius 2 is 2.26 bits per heavy atom. The van der Waals surface area contributed by atoms with E-state index in [0.717, 1.165) is 28.6 Å². The van der Waals surface area contributed by atoms with E-state index in [1.54, 1.807) is 17.5 Å². The van der Waals surface area contributed by atoms with Gasteiger partial charge in [0.1, 0.15) is 0 Å². The number of aromatic nitrogens is 3. The number of carbonyl (C=O) groups excluding carboxylic acids is 1. The molecule has 0 aliphatic rings. The van der Waals surface area contributed by atoms with Crippen LogP contribution in [0.4, 0.5) is 0 Å². The lowest BCUT2D eigenvalue weighted by molar-refractivity contribution is 0.112. The molecular weight excluding hydrogens is 258 g/mol. The van der Waals surface area contributed by atoms with Crippen LogP contribution in [0.3, 0.4) is 0 Å². The van der Waals surface area contributed by atoms with Crippen LogP contribution in [0.25, 0.3) is 22.3 Å². The van der Waals surface area contributed by atoms with E-state index in [-0.39, 0.29) is 6.04 Å². The lowest BCUT2D eigenvalue weighted by Gasteiger charge is -2.08. The van der Waals surface area contributed by atoms with Gasteiger partial charge in [0.25, 0.3) is 0 Å². The number of rotatable bonds is 3. The Morgan fingerprint density at radius 3 is 2.89 bits per heavy atom. The second-order valence-electron chi connectivity index (χ2n) is 4.65. The predicted molar refractivity (Wildman–Crippen MR) is 76.6 cm³/mol. The van der Waals surface area contributed by atoms with Gasteiger partial charge in [0, 0.05) is 27.9 Å². The minimum Gasteiger partial charge on any atom is -0.298 e. The van der Waals surface area contributed by atoms with Gasteiger partial charge in [-0.25, -0.2) is 9.67 Å². The molecule has 0 bridgehead atoms. The van der Waals surface area contributed by atoms with Gasteiger partial charge in [0.2, 0.25) is 0 Å². The molecule has 0 aliphatic carbocycles. The standard InChI is InChI=1S/C14H13N3OS/c1-9(2)17-14-11(6-15-17)5-12(7-18)13(16-14)10-3-4-19-8-10/h3-9H,1-2H3. The maximum atomic E-state index is 11.2. The molecule has 3 aromatic heterocycles. The molecule has 5 heteroatoms. The SMILES string of the molecule is CC(C)n1ncc2cc(C=O)c(-c3ccsc3)nc21. The Labute approximate surface area is 114 Å². The smallest absolute Gasteiger partial charge is 0.158 e. The third-order valence-electron chi connectivity index (χ3n) is 3.01. The van der Waals surface area contributed by atoms with Gasteiger partial charge in [0.05, 0.1) is 11.9 Å². The quantitative estimate of drug-likeness (QED) is 0.684. The number of nitrogens with zero attached hydrogens (tertiary/aromatic N) is 3. The van der Waals surface area contributed by atoms with E-state index in [0.29, 0.717) is 5.56 Å². The molecule has 0 fully saturated rings. The molecule has 4 nitrogen and oxygen atoms in total. The zero-order chi connectivity index (χ0) is 13.4. The van der Waals surface area contributed by atoms with Crippen molar-refractivity contribution in [2.24, 2.45) is 0 Å². The van der Waals surface area contributed by atoms with Gasteiger partial charge >= 0.3 is 0 Å². The lowest BCUT2D eigenvalue weighted by atomic mass is 10.1. The number of carbonyl (C=O) groups is 1. The predicted octanol–water partition coefficient (Wildman–Crippen LogP) is 3.55. The molecule has 0 aliphatic heterocycles. The summed E-state index contributed by atoms with van der Waals surface area (Å²) in [4.78, 5) is 15.9. The van der Waals surface area contributed by atoms with Crippen LogP contribution in [0.1, 0.15) is 30.2 Å². The Morgan fingerprint density at radius 1 is 1.42 bits per heavy atom. The summed E-state index contributed by atoms with van der Waals surface area (Å²) in [7, 11) is 0. The molecule has 0 radical (unpaired) electrons. The van der Waals surface area contributed by atoms with Crippen molar-refractivity contribution in [2.45, 2.75) is 19.9 Å². The molecule has 19 heavy (non-hydrogen) atoms. The third-order valence-corrected chi connectivity index (χ3v) is 3.69. The van der Waals surface area contributed by atoms with Crippen LogP contribution in [-0.4, -0.2) is 21.1 Å². The maximum absolute atomic E-state index is 11.2. The van der Waals surface area contributed by atoms with Crippen LogP contribution < -0.4 is 0 Å². The number of hydrogen-bond acceptors (Lipinski definition) is 4. The van der Waals surface area contributed by atoms with Gasteiger partial charge in [-0.1, -0.05) is 0 Å². The van der Waals surface area contributed by atoms with Crippen LogP contribution in [0.15, 0.2) is 29.1 Å². The highest BCUT2D eigenvalue weighted by molar-refractivity contribution is 7.08. The summed E-state index contributed by atoms with van der Waals surface area (Å²) in [5.74, 6) is 0.